The van der Waals surface area contributed by atoms with E-state index >= 15 is 0 Å². The van der Waals surface area contributed by atoms with Gasteiger partial charge in [0.2, 0.25) is 0 Å². The lowest BCUT2D eigenvalue weighted by Gasteiger charge is -2.38. The minimum Gasteiger partial charge on any atom is -0.460 e. The van der Waals surface area contributed by atoms with Crippen LogP contribution in [0, 0.1) is 0 Å². The summed E-state index contributed by atoms with van der Waals surface area (Å²) in [6, 6.07) is 6.47. The molecule has 1 N–H and O–H groups in total. The van der Waals surface area contributed by atoms with Gasteiger partial charge in [-0.2, -0.15) is 0 Å². The smallest absolute Gasteiger partial charge is 0.306 e. The SMILES string of the molecule is CN1CCC2(CC1)CNc1cccc(CCC(=O)OC(C)(C)C)c12. The fourth-order valence-electron chi connectivity index (χ4n) is 4.04. The zero-order chi connectivity index (χ0) is 17.4. The second-order valence-corrected chi connectivity index (χ2v) is 8.36. The Kier molecular flexibility index (Phi) is 4.60. The largest absolute Gasteiger partial charge is 0.460 e. The topological polar surface area (TPSA) is 41.6 Å². The van der Waals surface area contributed by atoms with Crippen LogP contribution >= 0.6 is 0 Å². The van der Waals surface area contributed by atoms with Crippen molar-refractivity contribution >= 4 is 11.7 Å². The third kappa shape index (κ3) is 3.59. The maximum Gasteiger partial charge on any atom is 0.306 e. The zero-order valence-corrected chi connectivity index (χ0v) is 15.4. The number of anilines is 1. The van der Waals surface area contributed by atoms with E-state index in [1.165, 1.54) is 29.7 Å². The Morgan fingerprint density at radius 2 is 2.00 bits per heavy atom. The van der Waals surface area contributed by atoms with E-state index in [1.54, 1.807) is 0 Å². The van der Waals surface area contributed by atoms with Crippen LogP contribution < -0.4 is 5.32 Å². The maximum absolute atomic E-state index is 12.1. The first-order valence-corrected chi connectivity index (χ1v) is 9.06. The molecular formula is C20H30N2O2. The van der Waals surface area contributed by atoms with Crippen molar-refractivity contribution in [2.75, 3.05) is 32.0 Å². The van der Waals surface area contributed by atoms with Crippen LogP contribution in [0.3, 0.4) is 0 Å². The van der Waals surface area contributed by atoms with Crippen molar-refractivity contribution < 1.29 is 9.53 Å². The van der Waals surface area contributed by atoms with Crippen molar-refractivity contribution in [1.82, 2.24) is 4.90 Å². The van der Waals surface area contributed by atoms with Crippen molar-refractivity contribution in [3.05, 3.63) is 29.3 Å². The van der Waals surface area contributed by atoms with Gasteiger partial charge in [-0.15, -0.1) is 0 Å². The average Bonchev–Trinajstić information content (AvgIpc) is 2.86. The van der Waals surface area contributed by atoms with E-state index in [2.05, 4.69) is 35.5 Å². The predicted octanol–water partition coefficient (Wildman–Crippen LogP) is 3.35. The lowest BCUT2D eigenvalue weighted by atomic mass is 9.72. The molecule has 2 aliphatic heterocycles. The Morgan fingerprint density at radius 1 is 1.29 bits per heavy atom. The van der Waals surface area contributed by atoms with Crippen LogP contribution in [-0.2, 0) is 21.4 Å². The molecule has 2 heterocycles. The van der Waals surface area contributed by atoms with Crippen LogP contribution in [-0.4, -0.2) is 43.2 Å². The fraction of sp³-hybridized carbons (Fsp3) is 0.650. The lowest BCUT2D eigenvalue weighted by Crippen LogP contribution is -2.42. The van der Waals surface area contributed by atoms with E-state index in [1.807, 2.05) is 20.8 Å². The Balaban J connectivity index is 1.77. The van der Waals surface area contributed by atoms with Crippen LogP contribution in [0.5, 0.6) is 0 Å². The Hall–Kier alpha value is -1.55. The van der Waals surface area contributed by atoms with Gasteiger partial charge in [0.1, 0.15) is 5.60 Å². The number of fused-ring (bicyclic) bond motifs is 2. The highest BCUT2D eigenvalue weighted by molar-refractivity contribution is 5.71. The maximum atomic E-state index is 12.1. The molecule has 132 valence electrons. The molecule has 1 aromatic rings. The van der Waals surface area contributed by atoms with Gasteiger partial charge >= 0.3 is 5.97 Å². The van der Waals surface area contributed by atoms with E-state index in [4.69, 9.17) is 4.74 Å². The summed E-state index contributed by atoms with van der Waals surface area (Å²) in [6.45, 7) is 9.07. The summed E-state index contributed by atoms with van der Waals surface area (Å²) >= 11 is 0. The van der Waals surface area contributed by atoms with Crippen LogP contribution in [0.4, 0.5) is 5.69 Å². The molecule has 1 fully saturated rings. The number of esters is 1. The predicted molar refractivity (Wildman–Crippen MR) is 97.5 cm³/mol. The summed E-state index contributed by atoms with van der Waals surface area (Å²) in [5, 5.41) is 3.61. The molecule has 0 saturated carbocycles. The first kappa shape index (κ1) is 17.3. The Labute approximate surface area is 145 Å². The minimum absolute atomic E-state index is 0.108. The lowest BCUT2D eigenvalue weighted by molar-refractivity contribution is -0.154. The number of carbonyl (C=O) groups is 1. The van der Waals surface area contributed by atoms with E-state index < -0.39 is 5.60 Å². The van der Waals surface area contributed by atoms with Crippen LogP contribution in [0.2, 0.25) is 0 Å². The Bertz CT molecular complexity index is 611. The van der Waals surface area contributed by atoms with Gasteiger partial charge in [-0.1, -0.05) is 12.1 Å². The summed E-state index contributed by atoms with van der Waals surface area (Å²) in [6.07, 6.45) is 3.58. The molecule has 4 nitrogen and oxygen atoms in total. The fourth-order valence-corrected chi connectivity index (χ4v) is 4.04. The number of nitrogens with zero attached hydrogens (tertiary/aromatic N) is 1. The molecule has 0 atom stereocenters. The van der Waals surface area contributed by atoms with Gasteiger partial charge in [0.25, 0.3) is 0 Å². The summed E-state index contributed by atoms with van der Waals surface area (Å²) in [4.78, 5) is 14.5. The quantitative estimate of drug-likeness (QED) is 0.863. The zero-order valence-electron chi connectivity index (χ0n) is 15.4. The highest BCUT2D eigenvalue weighted by Crippen LogP contribution is 2.45. The molecule has 0 aliphatic carbocycles. The summed E-state index contributed by atoms with van der Waals surface area (Å²) in [7, 11) is 2.20. The summed E-state index contributed by atoms with van der Waals surface area (Å²) < 4.78 is 5.47. The average molecular weight is 330 g/mol. The van der Waals surface area contributed by atoms with Gasteiger partial charge in [0, 0.05) is 24.1 Å². The minimum atomic E-state index is -0.410. The monoisotopic (exact) mass is 330 g/mol. The normalized spacial score (nSPS) is 19.8. The number of likely N-dealkylation sites (tertiary alicyclic amines) is 1. The van der Waals surface area contributed by atoms with Gasteiger partial charge in [0.15, 0.2) is 0 Å². The number of aryl methyl sites for hydroxylation is 1. The molecule has 0 bridgehead atoms. The standard InChI is InChI=1S/C20H30N2O2/c1-19(2,3)24-17(23)9-8-15-6-5-7-16-18(15)20(14-21-16)10-12-22(4)13-11-20/h5-7,21H,8-14H2,1-4H3. The van der Waals surface area contributed by atoms with Gasteiger partial charge in [-0.3, -0.25) is 4.79 Å². The number of piperidine rings is 1. The second-order valence-electron chi connectivity index (χ2n) is 8.36. The first-order valence-electron chi connectivity index (χ1n) is 9.06. The van der Waals surface area contributed by atoms with Crippen LogP contribution in [0.25, 0.3) is 0 Å². The first-order chi connectivity index (χ1) is 11.3. The van der Waals surface area contributed by atoms with Crippen molar-refractivity contribution in [3.8, 4) is 0 Å². The van der Waals surface area contributed by atoms with E-state index in [-0.39, 0.29) is 11.4 Å². The van der Waals surface area contributed by atoms with Crippen molar-refractivity contribution in [3.63, 3.8) is 0 Å². The van der Waals surface area contributed by atoms with E-state index in [9.17, 15) is 4.79 Å². The van der Waals surface area contributed by atoms with Gasteiger partial charge in [-0.25, -0.2) is 0 Å². The highest BCUT2D eigenvalue weighted by atomic mass is 16.6. The number of hydrogen-bond acceptors (Lipinski definition) is 4. The molecule has 0 amide bonds. The van der Waals surface area contributed by atoms with Crippen LogP contribution in [0.15, 0.2) is 18.2 Å². The molecule has 0 radical (unpaired) electrons. The van der Waals surface area contributed by atoms with Crippen LogP contribution in [0.1, 0.15) is 51.2 Å². The molecule has 0 unspecified atom stereocenters. The van der Waals surface area contributed by atoms with E-state index in [0.29, 0.717) is 6.42 Å². The summed E-state index contributed by atoms with van der Waals surface area (Å²) in [5.74, 6) is -0.108. The molecule has 2 aliphatic rings. The summed E-state index contributed by atoms with van der Waals surface area (Å²) in [5.41, 5.74) is 3.87. The van der Waals surface area contributed by atoms with Gasteiger partial charge < -0.3 is 15.0 Å². The molecule has 4 heteroatoms. The molecule has 1 saturated heterocycles. The van der Waals surface area contributed by atoms with Gasteiger partial charge in [-0.05, 0) is 77.4 Å². The molecule has 3 rings (SSSR count). The molecule has 0 aromatic heterocycles. The number of nitrogens with one attached hydrogen (secondary N) is 1. The van der Waals surface area contributed by atoms with Crippen molar-refractivity contribution in [1.29, 1.82) is 0 Å². The number of rotatable bonds is 3. The van der Waals surface area contributed by atoms with E-state index in [0.717, 1.165) is 26.1 Å². The van der Waals surface area contributed by atoms with Gasteiger partial charge in [0.05, 0.1) is 0 Å². The highest BCUT2D eigenvalue weighted by Gasteiger charge is 2.42. The molecule has 1 aromatic carbocycles. The molecule has 24 heavy (non-hydrogen) atoms. The number of carbonyl (C=O) groups excluding carboxylic acids is 1. The number of hydrogen-bond donors (Lipinski definition) is 1. The molecule has 1 spiro atoms. The van der Waals surface area contributed by atoms with Crippen molar-refractivity contribution in [2.24, 2.45) is 0 Å². The second kappa shape index (κ2) is 6.40. The number of benzene rings is 1. The number of ether oxygens (including phenoxy) is 1. The molecular weight excluding hydrogens is 300 g/mol. The van der Waals surface area contributed by atoms with Crippen molar-refractivity contribution in [2.45, 2.75) is 57.5 Å². The third-order valence-corrected chi connectivity index (χ3v) is 5.26. The Morgan fingerprint density at radius 3 is 2.67 bits per heavy atom. The third-order valence-electron chi connectivity index (χ3n) is 5.26.